The van der Waals surface area contributed by atoms with Crippen molar-refractivity contribution >= 4 is 0 Å². The van der Waals surface area contributed by atoms with Crippen LogP contribution in [0.1, 0.15) is 5.56 Å². The zero-order chi connectivity index (χ0) is 16.2. The number of nitrogens with zero attached hydrogens (tertiary/aromatic N) is 2. The first-order chi connectivity index (χ1) is 11.9. The van der Waals surface area contributed by atoms with Gasteiger partial charge >= 0.3 is 0 Å². The lowest BCUT2D eigenvalue weighted by Gasteiger charge is -1.99. The van der Waals surface area contributed by atoms with E-state index in [0.29, 0.717) is 5.89 Å². The number of benzene rings is 2. The minimum atomic E-state index is 0. The van der Waals surface area contributed by atoms with Gasteiger partial charge in [-0.25, -0.2) is 9.55 Å². The van der Waals surface area contributed by atoms with Crippen LogP contribution in [0.5, 0.6) is 0 Å². The van der Waals surface area contributed by atoms with E-state index in [4.69, 9.17) is 4.42 Å². The molecule has 2 aromatic heterocycles. The maximum absolute atomic E-state index is 5.89. The Balaban J connectivity index is 0.00000182. The Bertz CT molecular complexity index is 919. The van der Waals surface area contributed by atoms with Crippen LogP contribution in [0.4, 0.5) is 0 Å². The Morgan fingerprint density at radius 1 is 0.760 bits per heavy atom. The number of hydrogen-bond donors (Lipinski definition) is 0. The van der Waals surface area contributed by atoms with Gasteiger partial charge in [0.2, 0.25) is 5.89 Å². The van der Waals surface area contributed by atoms with Crippen LogP contribution in [0.15, 0.2) is 95.8 Å². The van der Waals surface area contributed by atoms with Gasteiger partial charge in [-0.1, -0.05) is 60.7 Å². The summed E-state index contributed by atoms with van der Waals surface area (Å²) in [5, 5.41) is 0. The van der Waals surface area contributed by atoms with Gasteiger partial charge in [0.05, 0.1) is 6.20 Å². The minimum Gasteiger partial charge on any atom is -1.00 e. The van der Waals surface area contributed by atoms with Crippen LogP contribution in [0.2, 0.25) is 0 Å². The fourth-order valence-electron chi connectivity index (χ4n) is 2.64. The number of pyridine rings is 1. The topological polar surface area (TPSA) is 29.9 Å². The average molecular weight is 349 g/mol. The molecule has 0 aliphatic carbocycles. The molecule has 4 heteroatoms. The van der Waals surface area contributed by atoms with Crippen LogP contribution < -0.4 is 17.0 Å². The Morgan fingerprint density at radius 3 is 2.08 bits per heavy atom. The van der Waals surface area contributed by atoms with Crippen molar-refractivity contribution in [1.82, 2.24) is 4.98 Å². The molecule has 0 unspecified atom stereocenters. The van der Waals surface area contributed by atoms with E-state index >= 15 is 0 Å². The highest BCUT2D eigenvalue weighted by Crippen LogP contribution is 2.25. The predicted octanol–water partition coefficient (Wildman–Crippen LogP) is 1.35. The van der Waals surface area contributed by atoms with E-state index in [2.05, 4.69) is 46.2 Å². The van der Waals surface area contributed by atoms with Crippen LogP contribution in [-0.4, -0.2) is 4.98 Å². The third-order valence-corrected chi connectivity index (χ3v) is 3.91. The molecule has 4 rings (SSSR count). The molecule has 25 heavy (non-hydrogen) atoms. The number of hydrogen-bond acceptors (Lipinski definition) is 2. The van der Waals surface area contributed by atoms with Crippen molar-refractivity contribution in [2.45, 2.75) is 6.54 Å². The van der Waals surface area contributed by atoms with E-state index in [0.717, 1.165) is 23.4 Å². The highest BCUT2D eigenvalue weighted by atomic mass is 35.5. The normalized spacial score (nSPS) is 10.2. The van der Waals surface area contributed by atoms with E-state index in [1.54, 1.807) is 6.20 Å². The van der Waals surface area contributed by atoms with Gasteiger partial charge in [-0.15, -0.1) is 0 Å². The summed E-state index contributed by atoms with van der Waals surface area (Å²) in [6.45, 7) is 0.849. The third-order valence-electron chi connectivity index (χ3n) is 3.91. The fraction of sp³-hybridized carbons (Fsp3) is 0.0476. The summed E-state index contributed by atoms with van der Waals surface area (Å²) in [5.41, 5.74) is 3.28. The maximum Gasteiger partial charge on any atom is 0.227 e. The van der Waals surface area contributed by atoms with Gasteiger partial charge in [0.15, 0.2) is 24.7 Å². The summed E-state index contributed by atoms with van der Waals surface area (Å²) in [6.07, 6.45) is 5.87. The van der Waals surface area contributed by atoms with Gasteiger partial charge in [0, 0.05) is 28.8 Å². The van der Waals surface area contributed by atoms with Gasteiger partial charge < -0.3 is 16.8 Å². The summed E-state index contributed by atoms with van der Waals surface area (Å²) in [6, 6.07) is 24.5. The largest absolute Gasteiger partial charge is 1.00 e. The second-order valence-electron chi connectivity index (χ2n) is 5.64. The van der Waals surface area contributed by atoms with E-state index in [-0.39, 0.29) is 12.4 Å². The van der Waals surface area contributed by atoms with Crippen molar-refractivity contribution in [2.24, 2.45) is 0 Å². The second kappa shape index (κ2) is 7.77. The number of aromatic nitrogens is 2. The summed E-state index contributed by atoms with van der Waals surface area (Å²) in [4.78, 5) is 4.40. The number of rotatable bonds is 4. The van der Waals surface area contributed by atoms with Gasteiger partial charge in [-0.2, -0.15) is 0 Å². The maximum atomic E-state index is 5.89. The lowest BCUT2D eigenvalue weighted by Crippen LogP contribution is -3.00. The molecule has 0 fully saturated rings. The van der Waals surface area contributed by atoms with Crippen molar-refractivity contribution in [3.8, 4) is 22.8 Å². The third kappa shape index (κ3) is 3.95. The average Bonchev–Trinajstić information content (AvgIpc) is 3.14. The van der Waals surface area contributed by atoms with Crippen LogP contribution in [0.3, 0.4) is 0 Å². The molecule has 0 atom stereocenters. The molecule has 0 aliphatic rings. The molecule has 0 amide bonds. The molecular weight excluding hydrogens is 332 g/mol. The highest BCUT2D eigenvalue weighted by Gasteiger charge is 2.10. The summed E-state index contributed by atoms with van der Waals surface area (Å²) < 4.78 is 8.03. The van der Waals surface area contributed by atoms with Crippen molar-refractivity contribution in [1.29, 1.82) is 0 Å². The molecule has 2 aromatic carbocycles. The smallest absolute Gasteiger partial charge is 0.227 e. The molecule has 3 nitrogen and oxygen atoms in total. The van der Waals surface area contributed by atoms with Gasteiger partial charge in [0.1, 0.15) is 0 Å². The van der Waals surface area contributed by atoms with Crippen molar-refractivity contribution in [3.05, 3.63) is 97.0 Å². The quantitative estimate of drug-likeness (QED) is 0.521. The van der Waals surface area contributed by atoms with Crippen LogP contribution in [0.25, 0.3) is 22.8 Å². The molecule has 124 valence electrons. The van der Waals surface area contributed by atoms with Crippen molar-refractivity contribution in [2.75, 3.05) is 0 Å². The molecule has 0 radical (unpaired) electrons. The lowest BCUT2D eigenvalue weighted by molar-refractivity contribution is -0.688. The summed E-state index contributed by atoms with van der Waals surface area (Å²) in [5.74, 6) is 1.42. The number of oxazole rings is 1. The van der Waals surface area contributed by atoms with Crippen LogP contribution in [0, 0.1) is 0 Å². The van der Waals surface area contributed by atoms with E-state index in [9.17, 15) is 0 Å². The summed E-state index contributed by atoms with van der Waals surface area (Å²) >= 11 is 0. The zero-order valence-corrected chi connectivity index (χ0v) is 14.3. The van der Waals surface area contributed by atoms with E-state index < -0.39 is 0 Å². The molecule has 0 saturated carbocycles. The molecule has 0 N–H and O–H groups in total. The van der Waals surface area contributed by atoms with Gasteiger partial charge in [-0.05, 0) is 0 Å². The monoisotopic (exact) mass is 348 g/mol. The molecule has 2 heterocycles. The first-order valence-electron chi connectivity index (χ1n) is 7.93. The molecule has 0 saturated heterocycles. The van der Waals surface area contributed by atoms with E-state index in [1.165, 1.54) is 5.56 Å². The summed E-state index contributed by atoms with van der Waals surface area (Å²) in [7, 11) is 0. The lowest BCUT2D eigenvalue weighted by atomic mass is 10.2. The van der Waals surface area contributed by atoms with E-state index in [1.807, 2.05) is 48.5 Å². The standard InChI is InChI=1S/C21H17N2O.ClH/c1-3-7-17(8-4-1)16-23-13-11-19(12-14-23)21-22-15-20(24-21)18-9-5-2-6-10-18;/h1-15H,16H2;1H/q+1;/p-1. The number of halogens is 1. The van der Waals surface area contributed by atoms with Crippen LogP contribution >= 0.6 is 0 Å². The molecular formula is C21H17ClN2O. The van der Waals surface area contributed by atoms with Crippen LogP contribution in [-0.2, 0) is 6.54 Å². The van der Waals surface area contributed by atoms with Gasteiger partial charge in [0.25, 0.3) is 0 Å². The molecule has 0 spiro atoms. The Labute approximate surface area is 153 Å². The first kappa shape index (κ1) is 16.9. The Morgan fingerprint density at radius 2 is 1.40 bits per heavy atom. The predicted molar refractivity (Wildman–Crippen MR) is 93.1 cm³/mol. The highest BCUT2D eigenvalue weighted by molar-refractivity contribution is 5.60. The molecule has 0 bridgehead atoms. The zero-order valence-electron chi connectivity index (χ0n) is 13.5. The SMILES string of the molecule is [Cl-].c1ccc(C[n+]2ccc(-c3ncc(-c4ccccc4)o3)cc2)cc1. The Kier molecular flexibility index (Phi) is 5.26. The van der Waals surface area contributed by atoms with Gasteiger partial charge in [-0.3, -0.25) is 0 Å². The fourth-order valence-corrected chi connectivity index (χ4v) is 2.64. The molecule has 0 aliphatic heterocycles. The molecule has 4 aromatic rings. The van der Waals surface area contributed by atoms with Crippen molar-refractivity contribution < 1.29 is 21.4 Å². The Hall–Kier alpha value is -2.91. The first-order valence-corrected chi connectivity index (χ1v) is 7.93. The van der Waals surface area contributed by atoms with Crippen molar-refractivity contribution in [3.63, 3.8) is 0 Å². The minimum absolute atomic E-state index is 0. The second-order valence-corrected chi connectivity index (χ2v) is 5.64.